The van der Waals surface area contributed by atoms with Gasteiger partial charge in [-0.05, 0) is 45.2 Å². The van der Waals surface area contributed by atoms with Gasteiger partial charge in [0, 0.05) is 25.7 Å². The van der Waals surface area contributed by atoms with Gasteiger partial charge in [-0.15, -0.1) is 0 Å². The van der Waals surface area contributed by atoms with Crippen LogP contribution in [0.4, 0.5) is 0 Å². The standard InChI is InChI=1S/C21H29N3O3/c1-17-14-19(27-22-17)15-23(2)16-21(26)11-7-13-24(20(21)25)12-6-10-18-8-4-3-5-9-18/h3-5,8-9,14,26H,6-7,10-13,15-16H2,1-2H3/t21-/m1/s1. The molecule has 1 fully saturated rings. The molecule has 0 spiro atoms. The van der Waals surface area contributed by atoms with Gasteiger partial charge in [0.25, 0.3) is 5.91 Å². The summed E-state index contributed by atoms with van der Waals surface area (Å²) in [5.41, 5.74) is 0.782. The Morgan fingerprint density at radius 1 is 1.33 bits per heavy atom. The molecule has 1 aliphatic heterocycles. The number of likely N-dealkylation sites (N-methyl/N-ethyl adjacent to an activating group) is 1. The fraction of sp³-hybridized carbons (Fsp3) is 0.524. The minimum Gasteiger partial charge on any atom is -0.379 e. The molecule has 0 bridgehead atoms. The van der Waals surface area contributed by atoms with E-state index < -0.39 is 5.60 Å². The maximum atomic E-state index is 12.9. The van der Waals surface area contributed by atoms with E-state index in [0.717, 1.165) is 37.3 Å². The van der Waals surface area contributed by atoms with Gasteiger partial charge in [0.1, 0.15) is 0 Å². The number of aromatic nitrogens is 1. The lowest BCUT2D eigenvalue weighted by Crippen LogP contribution is -2.58. The molecule has 3 rings (SSSR count). The Labute approximate surface area is 160 Å². The first-order chi connectivity index (χ1) is 13.0. The predicted octanol–water partition coefficient (Wildman–Crippen LogP) is 2.40. The first kappa shape index (κ1) is 19.6. The maximum Gasteiger partial charge on any atom is 0.255 e. The molecule has 1 aromatic heterocycles. The van der Waals surface area contributed by atoms with Crippen LogP contribution in [0.15, 0.2) is 40.9 Å². The van der Waals surface area contributed by atoms with Crippen molar-refractivity contribution in [1.82, 2.24) is 15.0 Å². The zero-order valence-corrected chi connectivity index (χ0v) is 16.2. The fourth-order valence-electron chi connectivity index (χ4n) is 3.80. The van der Waals surface area contributed by atoms with E-state index in [1.165, 1.54) is 5.56 Å². The Bertz CT molecular complexity index is 746. The third kappa shape index (κ3) is 5.17. The van der Waals surface area contributed by atoms with Crippen LogP contribution >= 0.6 is 0 Å². The van der Waals surface area contributed by atoms with Gasteiger partial charge < -0.3 is 14.5 Å². The van der Waals surface area contributed by atoms with Gasteiger partial charge in [0.05, 0.1) is 12.2 Å². The SMILES string of the molecule is Cc1cc(CN(C)C[C@]2(O)CCCN(CCCc3ccccc3)C2=O)on1. The maximum absolute atomic E-state index is 12.9. The molecule has 1 N–H and O–H groups in total. The first-order valence-corrected chi connectivity index (χ1v) is 9.63. The van der Waals surface area contributed by atoms with Gasteiger partial charge in [0.2, 0.25) is 0 Å². The normalized spacial score (nSPS) is 20.4. The minimum absolute atomic E-state index is 0.151. The molecule has 146 valence electrons. The average Bonchev–Trinajstić information content (AvgIpc) is 3.04. The molecule has 0 unspecified atom stereocenters. The number of aliphatic hydroxyl groups is 1. The van der Waals surface area contributed by atoms with Crippen LogP contribution in [0.5, 0.6) is 0 Å². The molecule has 0 aliphatic carbocycles. The summed E-state index contributed by atoms with van der Waals surface area (Å²) in [6.45, 7) is 4.09. The molecule has 6 heteroatoms. The van der Waals surface area contributed by atoms with E-state index in [-0.39, 0.29) is 5.91 Å². The number of carbonyl (C=O) groups excluding carboxylic acids is 1. The number of aryl methyl sites for hydroxylation is 2. The van der Waals surface area contributed by atoms with E-state index in [2.05, 4.69) is 17.3 Å². The van der Waals surface area contributed by atoms with Crippen LogP contribution in [0.2, 0.25) is 0 Å². The average molecular weight is 371 g/mol. The van der Waals surface area contributed by atoms with Crippen molar-refractivity contribution >= 4 is 5.91 Å². The summed E-state index contributed by atoms with van der Waals surface area (Å²) < 4.78 is 5.23. The molecule has 1 amide bonds. The minimum atomic E-state index is -1.32. The van der Waals surface area contributed by atoms with Crippen LogP contribution in [0.3, 0.4) is 0 Å². The molecule has 6 nitrogen and oxygen atoms in total. The van der Waals surface area contributed by atoms with Crippen LogP contribution in [0.25, 0.3) is 0 Å². The molecule has 1 aliphatic rings. The van der Waals surface area contributed by atoms with E-state index in [0.29, 0.717) is 26.1 Å². The van der Waals surface area contributed by atoms with Crippen LogP contribution in [-0.2, 0) is 17.8 Å². The lowest BCUT2D eigenvalue weighted by molar-refractivity contribution is -0.159. The Kier molecular flexibility index (Phi) is 6.29. The van der Waals surface area contributed by atoms with E-state index >= 15 is 0 Å². The number of benzene rings is 1. The Hall–Kier alpha value is -2.18. The second kappa shape index (κ2) is 8.67. The summed E-state index contributed by atoms with van der Waals surface area (Å²) in [7, 11) is 1.89. The second-order valence-corrected chi connectivity index (χ2v) is 7.62. The van der Waals surface area contributed by atoms with Crippen molar-refractivity contribution in [3.05, 3.63) is 53.4 Å². The Balaban J connectivity index is 1.52. The van der Waals surface area contributed by atoms with E-state index in [1.807, 2.05) is 48.0 Å². The highest BCUT2D eigenvalue weighted by molar-refractivity contribution is 5.86. The Morgan fingerprint density at radius 2 is 2.11 bits per heavy atom. The summed E-state index contributed by atoms with van der Waals surface area (Å²) in [6, 6.07) is 12.2. The van der Waals surface area contributed by atoms with Crippen molar-refractivity contribution in [3.63, 3.8) is 0 Å². The predicted molar refractivity (Wildman–Crippen MR) is 103 cm³/mol. The third-order valence-corrected chi connectivity index (χ3v) is 5.07. The number of hydrogen-bond acceptors (Lipinski definition) is 5. The van der Waals surface area contributed by atoms with Gasteiger partial charge in [-0.3, -0.25) is 9.69 Å². The van der Waals surface area contributed by atoms with Gasteiger partial charge in [-0.2, -0.15) is 0 Å². The van der Waals surface area contributed by atoms with Crippen molar-refractivity contribution in [2.75, 3.05) is 26.7 Å². The van der Waals surface area contributed by atoms with E-state index in [4.69, 9.17) is 4.52 Å². The summed E-state index contributed by atoms with van der Waals surface area (Å²) in [4.78, 5) is 16.6. The number of hydrogen-bond donors (Lipinski definition) is 1. The largest absolute Gasteiger partial charge is 0.379 e. The molecular weight excluding hydrogens is 342 g/mol. The highest BCUT2D eigenvalue weighted by Gasteiger charge is 2.42. The molecule has 2 aromatic rings. The Morgan fingerprint density at radius 3 is 2.81 bits per heavy atom. The highest BCUT2D eigenvalue weighted by Crippen LogP contribution is 2.24. The monoisotopic (exact) mass is 371 g/mol. The summed E-state index contributed by atoms with van der Waals surface area (Å²) >= 11 is 0. The quantitative estimate of drug-likeness (QED) is 0.772. The molecule has 0 saturated carbocycles. The van der Waals surface area contributed by atoms with Crippen LogP contribution in [0.1, 0.15) is 36.3 Å². The summed E-state index contributed by atoms with van der Waals surface area (Å²) in [5, 5.41) is 14.9. The van der Waals surface area contributed by atoms with Crippen LogP contribution in [0, 0.1) is 6.92 Å². The lowest BCUT2D eigenvalue weighted by Gasteiger charge is -2.40. The molecule has 2 heterocycles. The number of rotatable bonds is 8. The van der Waals surface area contributed by atoms with Gasteiger partial charge >= 0.3 is 0 Å². The zero-order valence-electron chi connectivity index (χ0n) is 16.2. The van der Waals surface area contributed by atoms with E-state index in [1.54, 1.807) is 0 Å². The van der Waals surface area contributed by atoms with Crippen LogP contribution in [-0.4, -0.2) is 58.3 Å². The summed E-state index contributed by atoms with van der Waals surface area (Å²) in [6.07, 6.45) is 3.16. The smallest absolute Gasteiger partial charge is 0.255 e. The topological polar surface area (TPSA) is 69.8 Å². The number of carbonyl (C=O) groups is 1. The number of amides is 1. The molecule has 1 aromatic carbocycles. The molecule has 1 saturated heterocycles. The van der Waals surface area contributed by atoms with Crippen LogP contribution < -0.4 is 0 Å². The number of nitrogens with zero attached hydrogens (tertiary/aromatic N) is 3. The molecular formula is C21H29N3O3. The lowest BCUT2D eigenvalue weighted by atomic mass is 9.91. The van der Waals surface area contributed by atoms with Gasteiger partial charge in [-0.25, -0.2) is 0 Å². The number of piperidine rings is 1. The van der Waals surface area contributed by atoms with Crippen molar-refractivity contribution in [2.45, 2.75) is 44.8 Å². The molecule has 1 atom stereocenters. The summed E-state index contributed by atoms with van der Waals surface area (Å²) in [5.74, 6) is 0.587. The van der Waals surface area contributed by atoms with Crippen molar-refractivity contribution in [2.24, 2.45) is 0 Å². The fourth-order valence-corrected chi connectivity index (χ4v) is 3.80. The second-order valence-electron chi connectivity index (χ2n) is 7.62. The first-order valence-electron chi connectivity index (χ1n) is 9.63. The third-order valence-electron chi connectivity index (χ3n) is 5.07. The zero-order chi connectivity index (χ0) is 19.3. The highest BCUT2D eigenvalue weighted by atomic mass is 16.5. The molecule has 0 radical (unpaired) electrons. The number of likely N-dealkylation sites (tertiary alicyclic amines) is 1. The molecule has 27 heavy (non-hydrogen) atoms. The van der Waals surface area contributed by atoms with Crippen molar-refractivity contribution < 1.29 is 14.4 Å². The van der Waals surface area contributed by atoms with Crippen molar-refractivity contribution in [1.29, 1.82) is 0 Å². The van der Waals surface area contributed by atoms with Gasteiger partial charge in [-0.1, -0.05) is 35.5 Å². The van der Waals surface area contributed by atoms with Gasteiger partial charge in [0.15, 0.2) is 11.4 Å². The van der Waals surface area contributed by atoms with E-state index in [9.17, 15) is 9.90 Å². The van der Waals surface area contributed by atoms with Crippen molar-refractivity contribution in [3.8, 4) is 0 Å².